The Morgan fingerprint density at radius 2 is 2.00 bits per heavy atom. The first-order valence-electron chi connectivity index (χ1n) is 5.82. The van der Waals surface area contributed by atoms with Crippen molar-refractivity contribution in [2.75, 3.05) is 12.5 Å². The molecule has 6 heteroatoms. The number of benzene rings is 1. The molecule has 1 atom stereocenters. The lowest BCUT2D eigenvalue weighted by Gasteiger charge is -2.25. The number of carbonyl (C=O) groups is 2. The molecule has 0 aliphatic carbocycles. The minimum absolute atomic E-state index is 0.0536. The van der Waals surface area contributed by atoms with Gasteiger partial charge in [-0.3, -0.25) is 4.90 Å². The number of aliphatic carboxylic acids is 1. The molecule has 1 amide bonds. The Hall–Kier alpha value is -1.75. The van der Waals surface area contributed by atoms with Crippen LogP contribution in [-0.4, -0.2) is 40.6 Å². The van der Waals surface area contributed by atoms with E-state index in [-0.39, 0.29) is 19.0 Å². The number of carboxylic acids is 1. The molecule has 104 valence electrons. The monoisotopic (exact) mass is 285 g/mol. The highest BCUT2D eigenvalue weighted by Crippen LogP contribution is 2.10. The van der Waals surface area contributed by atoms with Crippen molar-refractivity contribution in [3.63, 3.8) is 0 Å². The zero-order valence-electron chi connectivity index (χ0n) is 10.6. The summed E-state index contributed by atoms with van der Waals surface area (Å²) in [6.45, 7) is 1.67. The first-order chi connectivity index (χ1) is 9.06. The fourth-order valence-electron chi connectivity index (χ4n) is 1.48. The lowest BCUT2D eigenvalue weighted by atomic mass is 10.2. The standard InChI is InChI=1S/C13H16ClNO4/c1-10(12(16)17)15(13(18)19-8-7-14)9-11-5-3-2-4-6-11/h2-6,10H,7-9H2,1H3,(H,16,17). The van der Waals surface area contributed by atoms with E-state index < -0.39 is 18.1 Å². The van der Waals surface area contributed by atoms with Crippen molar-refractivity contribution in [2.45, 2.75) is 19.5 Å². The average molecular weight is 286 g/mol. The van der Waals surface area contributed by atoms with E-state index in [1.807, 2.05) is 30.3 Å². The van der Waals surface area contributed by atoms with Crippen LogP contribution >= 0.6 is 11.6 Å². The molecule has 1 unspecified atom stereocenters. The highest BCUT2D eigenvalue weighted by atomic mass is 35.5. The van der Waals surface area contributed by atoms with Gasteiger partial charge in [0.25, 0.3) is 0 Å². The first kappa shape index (κ1) is 15.3. The molecule has 1 aromatic carbocycles. The van der Waals surface area contributed by atoms with E-state index >= 15 is 0 Å². The van der Waals surface area contributed by atoms with Crippen LogP contribution in [-0.2, 0) is 16.1 Å². The van der Waals surface area contributed by atoms with Gasteiger partial charge in [0.2, 0.25) is 0 Å². The van der Waals surface area contributed by atoms with Crippen LogP contribution in [0.1, 0.15) is 12.5 Å². The summed E-state index contributed by atoms with van der Waals surface area (Å²) in [6.07, 6.45) is -0.681. The zero-order valence-corrected chi connectivity index (χ0v) is 11.3. The molecule has 1 aromatic rings. The van der Waals surface area contributed by atoms with E-state index in [1.165, 1.54) is 6.92 Å². The summed E-state index contributed by atoms with van der Waals surface area (Å²) in [5, 5.41) is 9.03. The van der Waals surface area contributed by atoms with Gasteiger partial charge < -0.3 is 9.84 Å². The number of amides is 1. The molecule has 0 fully saturated rings. The van der Waals surface area contributed by atoms with Gasteiger partial charge in [0.1, 0.15) is 12.6 Å². The van der Waals surface area contributed by atoms with Crippen LogP contribution in [0.15, 0.2) is 30.3 Å². The van der Waals surface area contributed by atoms with E-state index in [4.69, 9.17) is 21.4 Å². The lowest BCUT2D eigenvalue weighted by molar-refractivity contribution is -0.142. The van der Waals surface area contributed by atoms with Crippen LogP contribution < -0.4 is 0 Å². The van der Waals surface area contributed by atoms with Crippen LogP contribution in [0.2, 0.25) is 0 Å². The summed E-state index contributed by atoms with van der Waals surface area (Å²) in [6, 6.07) is 8.15. The molecule has 0 aromatic heterocycles. The van der Waals surface area contributed by atoms with Gasteiger partial charge in [0.15, 0.2) is 0 Å². The number of rotatable bonds is 6. The van der Waals surface area contributed by atoms with Crippen LogP contribution in [0.4, 0.5) is 4.79 Å². The van der Waals surface area contributed by atoms with Gasteiger partial charge in [0.05, 0.1) is 5.88 Å². The highest BCUT2D eigenvalue weighted by Gasteiger charge is 2.26. The van der Waals surface area contributed by atoms with Gasteiger partial charge in [-0.2, -0.15) is 0 Å². The summed E-state index contributed by atoms with van der Waals surface area (Å²) in [7, 11) is 0. The topological polar surface area (TPSA) is 66.8 Å². The molecule has 0 radical (unpaired) electrons. The van der Waals surface area contributed by atoms with Gasteiger partial charge in [-0.05, 0) is 12.5 Å². The predicted molar refractivity (Wildman–Crippen MR) is 71.2 cm³/mol. The number of hydrogen-bond acceptors (Lipinski definition) is 3. The molecule has 0 saturated carbocycles. The maximum atomic E-state index is 11.8. The normalized spacial score (nSPS) is 11.7. The number of halogens is 1. The molecule has 0 saturated heterocycles. The number of carbonyl (C=O) groups excluding carboxylic acids is 1. The van der Waals surface area contributed by atoms with Gasteiger partial charge in [-0.1, -0.05) is 30.3 Å². The van der Waals surface area contributed by atoms with Crippen LogP contribution in [0, 0.1) is 0 Å². The van der Waals surface area contributed by atoms with Crippen LogP contribution in [0.5, 0.6) is 0 Å². The molecule has 0 spiro atoms. The van der Waals surface area contributed by atoms with Gasteiger partial charge in [-0.15, -0.1) is 11.6 Å². The maximum absolute atomic E-state index is 11.8. The molecular formula is C13H16ClNO4. The SMILES string of the molecule is CC(C(=O)O)N(Cc1ccccc1)C(=O)OCCCl. The first-order valence-corrected chi connectivity index (χ1v) is 6.35. The number of nitrogens with zero attached hydrogens (tertiary/aromatic N) is 1. The molecule has 19 heavy (non-hydrogen) atoms. The second-order valence-electron chi connectivity index (χ2n) is 3.93. The predicted octanol–water partition coefficient (Wildman–Crippen LogP) is 2.34. The largest absolute Gasteiger partial charge is 0.480 e. The van der Waals surface area contributed by atoms with E-state index in [9.17, 15) is 9.59 Å². The molecule has 1 N–H and O–H groups in total. The van der Waals surface area contributed by atoms with E-state index in [1.54, 1.807) is 0 Å². The Kier molecular flexibility index (Phi) is 6.15. The van der Waals surface area contributed by atoms with Crippen molar-refractivity contribution in [3.8, 4) is 0 Å². The van der Waals surface area contributed by atoms with E-state index in [0.717, 1.165) is 10.5 Å². The number of alkyl halides is 1. The Balaban J connectivity index is 2.80. The minimum Gasteiger partial charge on any atom is -0.480 e. The molecule has 0 bridgehead atoms. The number of carboxylic acid groups (broad SMARTS) is 1. The Morgan fingerprint density at radius 1 is 1.37 bits per heavy atom. The molecule has 5 nitrogen and oxygen atoms in total. The van der Waals surface area contributed by atoms with Crippen molar-refractivity contribution in [2.24, 2.45) is 0 Å². The van der Waals surface area contributed by atoms with Crippen LogP contribution in [0.25, 0.3) is 0 Å². The smallest absolute Gasteiger partial charge is 0.410 e. The maximum Gasteiger partial charge on any atom is 0.410 e. The quantitative estimate of drug-likeness (QED) is 0.815. The van der Waals surface area contributed by atoms with E-state index in [0.29, 0.717) is 0 Å². The molecule has 1 rings (SSSR count). The molecular weight excluding hydrogens is 270 g/mol. The second kappa shape index (κ2) is 7.63. The third-order valence-electron chi connectivity index (χ3n) is 2.56. The Morgan fingerprint density at radius 3 is 2.53 bits per heavy atom. The molecule has 0 aliphatic rings. The summed E-state index contributed by atoms with van der Waals surface area (Å²) >= 11 is 5.44. The molecule has 0 aliphatic heterocycles. The number of hydrogen-bond donors (Lipinski definition) is 1. The average Bonchev–Trinajstić information content (AvgIpc) is 2.42. The van der Waals surface area contributed by atoms with Crippen LogP contribution in [0.3, 0.4) is 0 Å². The number of ether oxygens (including phenoxy) is 1. The summed E-state index contributed by atoms with van der Waals surface area (Å²) in [5.41, 5.74) is 0.832. The van der Waals surface area contributed by atoms with Gasteiger partial charge >= 0.3 is 12.1 Å². The summed E-state index contributed by atoms with van der Waals surface area (Å²) in [5.74, 6) is -0.912. The third kappa shape index (κ3) is 4.79. The third-order valence-corrected chi connectivity index (χ3v) is 2.71. The Bertz CT molecular complexity index is 424. The Labute approximate surface area is 116 Å². The van der Waals surface area contributed by atoms with Crippen molar-refractivity contribution in [1.82, 2.24) is 4.90 Å². The molecule has 0 heterocycles. The fourth-order valence-corrected chi connectivity index (χ4v) is 1.56. The van der Waals surface area contributed by atoms with Gasteiger partial charge in [-0.25, -0.2) is 9.59 Å². The summed E-state index contributed by atoms with van der Waals surface area (Å²) < 4.78 is 4.89. The van der Waals surface area contributed by atoms with Crippen molar-refractivity contribution in [1.29, 1.82) is 0 Å². The second-order valence-corrected chi connectivity index (χ2v) is 4.31. The van der Waals surface area contributed by atoms with Crippen molar-refractivity contribution in [3.05, 3.63) is 35.9 Å². The summed E-state index contributed by atoms with van der Waals surface area (Å²) in [4.78, 5) is 24.0. The van der Waals surface area contributed by atoms with Crippen molar-refractivity contribution < 1.29 is 19.4 Å². The van der Waals surface area contributed by atoms with Crippen molar-refractivity contribution >= 4 is 23.7 Å². The highest BCUT2D eigenvalue weighted by molar-refractivity contribution is 6.18. The zero-order chi connectivity index (χ0) is 14.3. The lowest BCUT2D eigenvalue weighted by Crippen LogP contribution is -2.43. The van der Waals surface area contributed by atoms with Gasteiger partial charge in [0, 0.05) is 6.54 Å². The van der Waals surface area contributed by atoms with E-state index in [2.05, 4.69) is 0 Å². The minimum atomic E-state index is -1.08. The fraction of sp³-hybridized carbons (Fsp3) is 0.385.